The lowest BCUT2D eigenvalue weighted by Crippen LogP contribution is -3.06. The third kappa shape index (κ3) is 3.88. The number of H-pyrrole nitrogens is 1. The Balaban J connectivity index is 2.20. The molecule has 2 aromatic rings. The van der Waals surface area contributed by atoms with Gasteiger partial charge < -0.3 is 29.0 Å². The molecule has 0 radical (unpaired) electrons. The lowest BCUT2D eigenvalue weighted by atomic mass is 9.97. The SMILES string of the molecule is COC(=O)c1[nH]c(C)c(/C(O)=C2/C(=O)C(=O)N(CC[NH+](C)C)[C@@H]2c2ccc(C)o2)c1C. The van der Waals surface area contributed by atoms with Gasteiger partial charge >= 0.3 is 5.97 Å². The minimum absolute atomic E-state index is 0.0604. The Morgan fingerprint density at radius 1 is 1.26 bits per heavy atom. The molecule has 0 aliphatic carbocycles. The topological polar surface area (TPSA) is 117 Å². The highest BCUT2D eigenvalue weighted by Gasteiger charge is 2.48. The van der Waals surface area contributed by atoms with Crippen molar-refractivity contribution in [3.63, 3.8) is 0 Å². The smallest absolute Gasteiger partial charge is 0.354 e. The zero-order valence-corrected chi connectivity index (χ0v) is 18.6. The number of aliphatic hydroxyl groups is 1. The number of likely N-dealkylation sites (N-methyl/N-ethyl adjacent to an activating group) is 1. The number of carbonyl (C=O) groups excluding carboxylic acids is 3. The van der Waals surface area contributed by atoms with Gasteiger partial charge in [-0.15, -0.1) is 0 Å². The zero-order chi connectivity index (χ0) is 23.0. The van der Waals surface area contributed by atoms with Crippen molar-refractivity contribution in [1.29, 1.82) is 0 Å². The maximum Gasteiger partial charge on any atom is 0.354 e. The molecular formula is C22H28N3O6+. The highest BCUT2D eigenvalue weighted by Crippen LogP contribution is 2.41. The van der Waals surface area contributed by atoms with E-state index in [1.807, 2.05) is 14.1 Å². The number of ether oxygens (including phenoxy) is 1. The fraction of sp³-hybridized carbons (Fsp3) is 0.409. The minimum Gasteiger partial charge on any atom is -0.507 e. The second kappa shape index (κ2) is 8.43. The van der Waals surface area contributed by atoms with Crippen LogP contribution in [0.5, 0.6) is 0 Å². The molecule has 0 bridgehead atoms. The van der Waals surface area contributed by atoms with E-state index in [4.69, 9.17) is 9.15 Å². The summed E-state index contributed by atoms with van der Waals surface area (Å²) in [6.45, 7) is 6.00. The number of nitrogens with one attached hydrogen (secondary N) is 2. The van der Waals surface area contributed by atoms with Crippen LogP contribution >= 0.6 is 0 Å². The first-order chi connectivity index (χ1) is 14.6. The van der Waals surface area contributed by atoms with Crippen molar-refractivity contribution in [2.45, 2.75) is 26.8 Å². The Bertz CT molecular complexity index is 1080. The summed E-state index contributed by atoms with van der Waals surface area (Å²) in [4.78, 5) is 43.4. The van der Waals surface area contributed by atoms with Crippen molar-refractivity contribution in [1.82, 2.24) is 9.88 Å². The average molecular weight is 430 g/mol. The molecule has 1 amide bonds. The van der Waals surface area contributed by atoms with E-state index in [1.165, 1.54) is 12.0 Å². The van der Waals surface area contributed by atoms with Gasteiger partial charge in [-0.2, -0.15) is 0 Å². The van der Waals surface area contributed by atoms with Crippen LogP contribution in [0, 0.1) is 20.8 Å². The monoisotopic (exact) mass is 430 g/mol. The number of quaternary nitrogens is 1. The molecule has 166 valence electrons. The number of rotatable bonds is 6. The third-order valence-electron chi connectivity index (χ3n) is 5.49. The van der Waals surface area contributed by atoms with Gasteiger partial charge in [0.1, 0.15) is 29.0 Å². The Labute approximate surface area is 180 Å². The number of aliphatic hydroxyl groups excluding tert-OH is 1. The molecule has 0 spiro atoms. The van der Waals surface area contributed by atoms with E-state index in [-0.39, 0.29) is 17.0 Å². The van der Waals surface area contributed by atoms with Crippen LogP contribution in [0.4, 0.5) is 0 Å². The van der Waals surface area contributed by atoms with Crippen LogP contribution in [0.3, 0.4) is 0 Å². The molecule has 0 unspecified atom stereocenters. The number of esters is 1. The normalized spacial score (nSPS) is 18.3. The number of methoxy groups -OCH3 is 1. The van der Waals surface area contributed by atoms with E-state index in [0.29, 0.717) is 41.4 Å². The van der Waals surface area contributed by atoms with Crippen molar-refractivity contribution >= 4 is 23.4 Å². The quantitative estimate of drug-likeness (QED) is 0.271. The molecule has 1 aliphatic heterocycles. The van der Waals surface area contributed by atoms with Crippen LogP contribution in [0.25, 0.3) is 5.76 Å². The molecule has 1 fully saturated rings. The van der Waals surface area contributed by atoms with Gasteiger partial charge in [0.2, 0.25) is 0 Å². The van der Waals surface area contributed by atoms with E-state index >= 15 is 0 Å². The molecule has 1 aliphatic rings. The molecule has 31 heavy (non-hydrogen) atoms. The van der Waals surface area contributed by atoms with Crippen LogP contribution in [0.1, 0.15) is 44.9 Å². The molecule has 3 N–H and O–H groups in total. The van der Waals surface area contributed by atoms with E-state index in [9.17, 15) is 19.5 Å². The van der Waals surface area contributed by atoms with E-state index < -0.39 is 23.7 Å². The Morgan fingerprint density at radius 2 is 1.94 bits per heavy atom. The number of hydrogen-bond acceptors (Lipinski definition) is 6. The Kier molecular flexibility index (Phi) is 6.08. The number of Topliss-reactive ketones (excluding diaryl/α,β-unsaturated/α-hetero) is 1. The minimum atomic E-state index is -0.858. The van der Waals surface area contributed by atoms with Gasteiger partial charge in [-0.25, -0.2) is 4.79 Å². The summed E-state index contributed by atoms with van der Waals surface area (Å²) in [6, 6.07) is 2.59. The number of amides is 1. The van der Waals surface area contributed by atoms with Crippen LogP contribution < -0.4 is 4.90 Å². The number of carbonyl (C=O) groups is 3. The molecule has 3 heterocycles. The van der Waals surface area contributed by atoms with Gasteiger partial charge in [-0.3, -0.25) is 9.59 Å². The molecule has 9 nitrogen and oxygen atoms in total. The number of aryl methyl sites for hydroxylation is 2. The fourth-order valence-electron chi connectivity index (χ4n) is 3.90. The summed E-state index contributed by atoms with van der Waals surface area (Å²) in [5, 5.41) is 11.2. The number of nitrogens with zero attached hydrogens (tertiary/aromatic N) is 1. The average Bonchev–Trinajstić information content (AvgIpc) is 3.34. The first-order valence-electron chi connectivity index (χ1n) is 10.00. The van der Waals surface area contributed by atoms with Crippen molar-refractivity contribution < 1.29 is 33.5 Å². The lowest BCUT2D eigenvalue weighted by molar-refractivity contribution is -0.857. The van der Waals surface area contributed by atoms with Crippen molar-refractivity contribution in [2.24, 2.45) is 0 Å². The highest BCUT2D eigenvalue weighted by atomic mass is 16.5. The number of likely N-dealkylation sites (tertiary alicyclic amines) is 1. The first kappa shape index (κ1) is 22.4. The maximum absolute atomic E-state index is 13.0. The third-order valence-corrected chi connectivity index (χ3v) is 5.49. The molecule has 2 aromatic heterocycles. The zero-order valence-electron chi connectivity index (χ0n) is 18.6. The first-order valence-corrected chi connectivity index (χ1v) is 10.00. The fourth-order valence-corrected chi connectivity index (χ4v) is 3.90. The summed E-state index contributed by atoms with van der Waals surface area (Å²) >= 11 is 0. The number of ketones is 1. The van der Waals surface area contributed by atoms with E-state index in [2.05, 4.69) is 4.98 Å². The molecule has 9 heteroatoms. The second-order valence-electron chi connectivity index (χ2n) is 8.01. The largest absolute Gasteiger partial charge is 0.507 e. The van der Waals surface area contributed by atoms with Gasteiger partial charge in [0.05, 0.1) is 39.9 Å². The Morgan fingerprint density at radius 3 is 2.48 bits per heavy atom. The molecule has 3 rings (SSSR count). The molecule has 0 saturated carbocycles. The summed E-state index contributed by atoms with van der Waals surface area (Å²) < 4.78 is 10.5. The molecule has 1 saturated heterocycles. The summed E-state index contributed by atoms with van der Waals surface area (Å²) in [7, 11) is 5.15. The second-order valence-corrected chi connectivity index (χ2v) is 8.01. The van der Waals surface area contributed by atoms with Gasteiger partial charge in [-0.1, -0.05) is 0 Å². The van der Waals surface area contributed by atoms with E-state index in [1.54, 1.807) is 32.9 Å². The molecule has 0 aromatic carbocycles. The van der Waals surface area contributed by atoms with Gasteiger partial charge in [0, 0.05) is 11.3 Å². The van der Waals surface area contributed by atoms with Crippen LogP contribution in [-0.4, -0.2) is 66.9 Å². The Hall–Kier alpha value is -3.33. The number of furan rings is 1. The number of aromatic nitrogens is 1. The van der Waals surface area contributed by atoms with Gasteiger partial charge in [-0.05, 0) is 38.5 Å². The van der Waals surface area contributed by atoms with Crippen molar-refractivity contribution in [2.75, 3.05) is 34.3 Å². The molecule has 1 atom stereocenters. The lowest BCUT2D eigenvalue weighted by Gasteiger charge is -2.23. The summed E-state index contributed by atoms with van der Waals surface area (Å²) in [6.07, 6.45) is 0. The molecular weight excluding hydrogens is 402 g/mol. The van der Waals surface area contributed by atoms with Crippen molar-refractivity contribution in [3.05, 3.63) is 51.7 Å². The van der Waals surface area contributed by atoms with Crippen LogP contribution in [0.2, 0.25) is 0 Å². The summed E-state index contributed by atoms with van der Waals surface area (Å²) in [5.41, 5.74) is 1.32. The van der Waals surface area contributed by atoms with Crippen LogP contribution in [0.15, 0.2) is 22.1 Å². The predicted octanol–water partition coefficient (Wildman–Crippen LogP) is 0.886. The van der Waals surface area contributed by atoms with Gasteiger partial charge in [0.15, 0.2) is 0 Å². The van der Waals surface area contributed by atoms with Gasteiger partial charge in [0.25, 0.3) is 11.7 Å². The summed E-state index contributed by atoms with van der Waals surface area (Å²) in [5.74, 6) is -1.40. The van der Waals surface area contributed by atoms with Crippen LogP contribution in [-0.2, 0) is 14.3 Å². The highest BCUT2D eigenvalue weighted by molar-refractivity contribution is 6.46. The standard InChI is InChI=1S/C22H27N3O6/c1-11-7-8-14(31-11)18-16(20(27)21(28)25(18)10-9-24(4)5)19(26)15-12(2)17(22(29)30-6)23-13(15)3/h7-8,18,23,26H,9-10H2,1-6H3/p+1/b19-16-/t18-/m1/s1. The maximum atomic E-state index is 13.0. The number of hydrogen-bond donors (Lipinski definition) is 3. The van der Waals surface area contributed by atoms with Crippen molar-refractivity contribution in [3.8, 4) is 0 Å². The number of aromatic amines is 1. The predicted molar refractivity (Wildman–Crippen MR) is 112 cm³/mol. The van der Waals surface area contributed by atoms with E-state index in [0.717, 1.165) is 4.90 Å².